The number of aryl methyl sites for hydroxylation is 1. The Morgan fingerprint density at radius 3 is 2.56 bits per heavy atom. The Balaban J connectivity index is 1.17. The molecule has 4 heterocycles. The second-order valence-corrected chi connectivity index (χ2v) is 7.94. The molecular formula is C19H25N5O. The van der Waals surface area contributed by atoms with E-state index >= 15 is 0 Å². The fraction of sp³-hybridized carbons (Fsp3) is 0.632. The Hall–Kier alpha value is -1.95. The molecule has 0 bridgehead atoms. The molecule has 2 aromatic heterocycles. The molecule has 2 aliphatic heterocycles. The second-order valence-electron chi connectivity index (χ2n) is 7.94. The number of likely N-dealkylation sites (tertiary alicyclic amines) is 1. The molecule has 2 saturated heterocycles. The Bertz CT molecular complexity index is 742. The maximum atomic E-state index is 5.33. The van der Waals surface area contributed by atoms with E-state index in [9.17, 15) is 0 Å². The van der Waals surface area contributed by atoms with E-state index < -0.39 is 0 Å². The van der Waals surface area contributed by atoms with E-state index in [0.29, 0.717) is 5.92 Å². The molecule has 6 nitrogen and oxygen atoms in total. The van der Waals surface area contributed by atoms with Gasteiger partial charge in [0.1, 0.15) is 17.9 Å². The lowest BCUT2D eigenvalue weighted by atomic mass is 10.0. The molecule has 0 radical (unpaired) electrons. The fourth-order valence-corrected chi connectivity index (χ4v) is 4.40. The molecule has 1 aliphatic carbocycles. The van der Waals surface area contributed by atoms with Crippen molar-refractivity contribution in [3.8, 4) is 0 Å². The summed E-state index contributed by atoms with van der Waals surface area (Å²) in [7, 11) is 0. The molecule has 2 unspecified atom stereocenters. The van der Waals surface area contributed by atoms with Gasteiger partial charge in [0, 0.05) is 62.9 Å². The van der Waals surface area contributed by atoms with Crippen molar-refractivity contribution in [1.82, 2.24) is 20.0 Å². The second kappa shape index (κ2) is 6.09. The van der Waals surface area contributed by atoms with Gasteiger partial charge >= 0.3 is 0 Å². The van der Waals surface area contributed by atoms with Gasteiger partial charge in [-0.25, -0.2) is 9.97 Å². The van der Waals surface area contributed by atoms with Crippen LogP contribution in [0.15, 0.2) is 23.0 Å². The molecule has 3 aliphatic rings. The van der Waals surface area contributed by atoms with Gasteiger partial charge in [-0.05, 0) is 31.6 Å². The summed E-state index contributed by atoms with van der Waals surface area (Å²) in [6.07, 6.45) is 5.30. The number of aromatic nitrogens is 3. The number of anilines is 1. The minimum atomic E-state index is 0.694. The zero-order valence-electron chi connectivity index (χ0n) is 14.8. The summed E-state index contributed by atoms with van der Waals surface area (Å²) in [4.78, 5) is 14.0. The molecule has 0 N–H and O–H groups in total. The third kappa shape index (κ3) is 3.15. The molecule has 0 aromatic carbocycles. The van der Waals surface area contributed by atoms with Gasteiger partial charge in [0.2, 0.25) is 0 Å². The highest BCUT2D eigenvalue weighted by atomic mass is 16.5. The summed E-state index contributed by atoms with van der Waals surface area (Å²) in [6, 6.07) is 4.27. The monoisotopic (exact) mass is 339 g/mol. The third-order valence-electron chi connectivity index (χ3n) is 5.91. The van der Waals surface area contributed by atoms with Crippen molar-refractivity contribution in [2.45, 2.75) is 32.1 Å². The van der Waals surface area contributed by atoms with Crippen molar-refractivity contribution < 1.29 is 4.52 Å². The summed E-state index contributed by atoms with van der Waals surface area (Å²) < 4.78 is 5.33. The standard InChI is InChI=1S/C19H25N5O/c1-13-6-17(25-22-13)4-5-23-8-15-10-24(11-16(15)9-23)19-7-18(14-2-3-14)20-12-21-19/h6-7,12,14-16H,2-5,8-11H2,1H3. The van der Waals surface area contributed by atoms with Crippen LogP contribution in [0.1, 0.15) is 35.9 Å². The summed E-state index contributed by atoms with van der Waals surface area (Å²) in [6.45, 7) is 7.68. The number of rotatable bonds is 5. The van der Waals surface area contributed by atoms with E-state index in [-0.39, 0.29) is 0 Å². The Morgan fingerprint density at radius 1 is 1.08 bits per heavy atom. The predicted octanol–water partition coefficient (Wildman–Crippen LogP) is 2.26. The largest absolute Gasteiger partial charge is 0.361 e. The van der Waals surface area contributed by atoms with Crippen molar-refractivity contribution in [2.75, 3.05) is 37.6 Å². The van der Waals surface area contributed by atoms with Crippen LogP contribution in [0.25, 0.3) is 0 Å². The summed E-state index contributed by atoms with van der Waals surface area (Å²) >= 11 is 0. The van der Waals surface area contributed by atoms with Gasteiger partial charge in [-0.15, -0.1) is 0 Å². The number of hydrogen-bond acceptors (Lipinski definition) is 6. The third-order valence-corrected chi connectivity index (χ3v) is 5.91. The van der Waals surface area contributed by atoms with Crippen LogP contribution in [0.4, 0.5) is 5.82 Å². The maximum absolute atomic E-state index is 5.33. The molecule has 25 heavy (non-hydrogen) atoms. The van der Waals surface area contributed by atoms with Gasteiger partial charge in [-0.3, -0.25) is 0 Å². The number of fused-ring (bicyclic) bond motifs is 1. The summed E-state index contributed by atoms with van der Waals surface area (Å²) in [5.74, 6) is 4.35. The van der Waals surface area contributed by atoms with Gasteiger partial charge in [-0.2, -0.15) is 0 Å². The van der Waals surface area contributed by atoms with E-state index in [4.69, 9.17) is 4.52 Å². The van der Waals surface area contributed by atoms with Crippen molar-refractivity contribution in [1.29, 1.82) is 0 Å². The van der Waals surface area contributed by atoms with Crippen LogP contribution in [0.5, 0.6) is 0 Å². The summed E-state index contributed by atoms with van der Waals surface area (Å²) in [5.41, 5.74) is 2.21. The first-order chi connectivity index (χ1) is 12.2. The zero-order valence-corrected chi connectivity index (χ0v) is 14.8. The Labute approximate surface area is 148 Å². The average Bonchev–Trinajstić information content (AvgIpc) is 3.10. The molecule has 0 amide bonds. The molecule has 0 spiro atoms. The van der Waals surface area contributed by atoms with Crippen LogP contribution >= 0.6 is 0 Å². The molecule has 5 rings (SSSR count). The lowest BCUT2D eigenvalue weighted by Crippen LogP contribution is -2.30. The molecule has 1 saturated carbocycles. The highest BCUT2D eigenvalue weighted by molar-refractivity contribution is 5.42. The Morgan fingerprint density at radius 2 is 1.88 bits per heavy atom. The van der Waals surface area contributed by atoms with E-state index in [2.05, 4.69) is 31.0 Å². The molecule has 132 valence electrons. The van der Waals surface area contributed by atoms with Gasteiger partial charge in [0.25, 0.3) is 0 Å². The van der Waals surface area contributed by atoms with Gasteiger partial charge in [-0.1, -0.05) is 5.16 Å². The smallest absolute Gasteiger partial charge is 0.138 e. The van der Waals surface area contributed by atoms with Gasteiger partial charge in [0.15, 0.2) is 0 Å². The van der Waals surface area contributed by atoms with Crippen LogP contribution in [0, 0.1) is 18.8 Å². The number of nitrogens with zero attached hydrogens (tertiary/aromatic N) is 5. The molecule has 3 fully saturated rings. The van der Waals surface area contributed by atoms with Crippen molar-refractivity contribution in [3.05, 3.63) is 35.6 Å². The minimum Gasteiger partial charge on any atom is -0.361 e. The topological polar surface area (TPSA) is 58.3 Å². The predicted molar refractivity (Wildman–Crippen MR) is 94.6 cm³/mol. The first-order valence-corrected chi connectivity index (χ1v) is 9.46. The van der Waals surface area contributed by atoms with Crippen LogP contribution < -0.4 is 4.90 Å². The van der Waals surface area contributed by atoms with E-state index in [0.717, 1.165) is 55.2 Å². The molecule has 2 aromatic rings. The molecular weight excluding hydrogens is 314 g/mol. The Kier molecular flexibility index (Phi) is 3.73. The van der Waals surface area contributed by atoms with Crippen LogP contribution in [-0.2, 0) is 6.42 Å². The fourth-order valence-electron chi connectivity index (χ4n) is 4.40. The highest BCUT2D eigenvalue weighted by Crippen LogP contribution is 2.40. The lowest BCUT2D eigenvalue weighted by Gasteiger charge is -2.22. The first kappa shape index (κ1) is 15.3. The van der Waals surface area contributed by atoms with Crippen molar-refractivity contribution in [3.63, 3.8) is 0 Å². The lowest BCUT2D eigenvalue weighted by molar-refractivity contribution is 0.299. The minimum absolute atomic E-state index is 0.694. The van der Waals surface area contributed by atoms with E-state index in [1.165, 1.54) is 31.6 Å². The zero-order chi connectivity index (χ0) is 16.8. The van der Waals surface area contributed by atoms with Gasteiger partial charge < -0.3 is 14.3 Å². The maximum Gasteiger partial charge on any atom is 0.138 e. The van der Waals surface area contributed by atoms with Crippen molar-refractivity contribution >= 4 is 5.82 Å². The van der Waals surface area contributed by atoms with Crippen LogP contribution in [0.2, 0.25) is 0 Å². The summed E-state index contributed by atoms with van der Waals surface area (Å²) in [5, 5.41) is 3.97. The van der Waals surface area contributed by atoms with Crippen LogP contribution in [0.3, 0.4) is 0 Å². The quantitative estimate of drug-likeness (QED) is 0.833. The first-order valence-electron chi connectivity index (χ1n) is 9.46. The normalized spacial score (nSPS) is 26.4. The van der Waals surface area contributed by atoms with Crippen LogP contribution in [-0.4, -0.2) is 52.7 Å². The molecule has 6 heteroatoms. The average molecular weight is 339 g/mol. The SMILES string of the molecule is Cc1cc(CCN2CC3CN(c4cc(C5CC5)ncn4)CC3C2)on1. The van der Waals surface area contributed by atoms with E-state index in [1.807, 2.05) is 13.0 Å². The van der Waals surface area contributed by atoms with Crippen molar-refractivity contribution in [2.24, 2.45) is 11.8 Å². The van der Waals surface area contributed by atoms with Gasteiger partial charge in [0.05, 0.1) is 5.69 Å². The van der Waals surface area contributed by atoms with E-state index in [1.54, 1.807) is 6.33 Å². The highest BCUT2D eigenvalue weighted by Gasteiger charge is 2.40. The number of hydrogen-bond donors (Lipinski definition) is 0. The molecule has 2 atom stereocenters.